The third kappa shape index (κ3) is 3.24. The van der Waals surface area contributed by atoms with E-state index in [1.54, 1.807) is 4.90 Å². The maximum atomic E-state index is 12.4. The summed E-state index contributed by atoms with van der Waals surface area (Å²) in [5.74, 6) is -1.02. The third-order valence-electron chi connectivity index (χ3n) is 3.19. The summed E-state index contributed by atoms with van der Waals surface area (Å²) in [4.78, 5) is 26.1. The highest BCUT2D eigenvalue weighted by atomic mass is 16.4. The van der Waals surface area contributed by atoms with Crippen LogP contribution >= 0.6 is 0 Å². The largest absolute Gasteiger partial charge is 0.480 e. The van der Waals surface area contributed by atoms with Crippen LogP contribution in [-0.2, 0) is 4.79 Å². The van der Waals surface area contributed by atoms with E-state index in [2.05, 4.69) is 0 Å². The first-order valence-electron chi connectivity index (χ1n) is 6.22. The van der Waals surface area contributed by atoms with Crippen LogP contribution in [-0.4, -0.2) is 41.6 Å². The first-order chi connectivity index (χ1) is 8.90. The lowest BCUT2D eigenvalue weighted by atomic mass is 10.2. The van der Waals surface area contributed by atoms with Gasteiger partial charge in [0.2, 0.25) is 0 Å². The Morgan fingerprint density at radius 2 is 1.89 bits per heavy atom. The molecule has 0 aliphatic heterocycles. The van der Waals surface area contributed by atoms with Crippen LogP contribution in [0.15, 0.2) is 24.3 Å². The van der Waals surface area contributed by atoms with Gasteiger partial charge < -0.3 is 10.0 Å². The number of hydrogen-bond acceptors (Lipinski definition) is 2. The van der Waals surface area contributed by atoms with E-state index in [4.69, 9.17) is 5.11 Å². The van der Waals surface area contributed by atoms with Crippen molar-refractivity contribution in [2.75, 3.05) is 18.5 Å². The molecule has 0 fully saturated rings. The number of aryl methyl sites for hydroxylation is 1. The summed E-state index contributed by atoms with van der Waals surface area (Å²) in [6, 6.07) is 6.37. The molecule has 0 aliphatic carbocycles. The SMILES string of the molecule is CCN(C(=O)N(C)C(C)C(=O)O)c1ccccc1C. The first-order valence-corrected chi connectivity index (χ1v) is 6.22. The van der Waals surface area contributed by atoms with Gasteiger partial charge in [0.15, 0.2) is 0 Å². The average molecular weight is 264 g/mol. The molecule has 1 rings (SSSR count). The summed E-state index contributed by atoms with van der Waals surface area (Å²) in [6.07, 6.45) is 0. The zero-order chi connectivity index (χ0) is 14.6. The van der Waals surface area contributed by atoms with Crippen molar-refractivity contribution in [3.05, 3.63) is 29.8 Å². The molecule has 0 saturated carbocycles. The molecule has 0 heterocycles. The number of carbonyl (C=O) groups is 2. The molecule has 0 aromatic heterocycles. The number of carboxylic acid groups (broad SMARTS) is 1. The topological polar surface area (TPSA) is 60.9 Å². The Labute approximate surface area is 113 Å². The summed E-state index contributed by atoms with van der Waals surface area (Å²) >= 11 is 0. The van der Waals surface area contributed by atoms with E-state index in [9.17, 15) is 9.59 Å². The molecule has 104 valence electrons. The van der Waals surface area contributed by atoms with Gasteiger partial charge in [0.05, 0.1) is 0 Å². The lowest BCUT2D eigenvalue weighted by Gasteiger charge is -2.30. The fourth-order valence-electron chi connectivity index (χ4n) is 1.80. The number of nitrogens with zero attached hydrogens (tertiary/aromatic N) is 2. The number of hydrogen-bond donors (Lipinski definition) is 1. The Kier molecular flexibility index (Phi) is 4.92. The van der Waals surface area contributed by atoms with Crippen LogP contribution in [0.4, 0.5) is 10.5 Å². The highest BCUT2D eigenvalue weighted by Crippen LogP contribution is 2.20. The summed E-state index contributed by atoms with van der Waals surface area (Å²) in [7, 11) is 1.50. The van der Waals surface area contributed by atoms with Gasteiger partial charge in [0, 0.05) is 19.3 Å². The maximum absolute atomic E-state index is 12.4. The fraction of sp³-hybridized carbons (Fsp3) is 0.429. The summed E-state index contributed by atoms with van der Waals surface area (Å²) in [5.41, 5.74) is 1.79. The Morgan fingerprint density at radius 1 is 1.32 bits per heavy atom. The molecule has 1 atom stereocenters. The Bertz CT molecular complexity index is 474. The summed E-state index contributed by atoms with van der Waals surface area (Å²) in [5, 5.41) is 8.97. The van der Waals surface area contributed by atoms with Crippen molar-refractivity contribution in [1.82, 2.24) is 4.90 Å². The molecule has 19 heavy (non-hydrogen) atoms. The van der Waals surface area contributed by atoms with E-state index in [0.717, 1.165) is 11.3 Å². The zero-order valence-corrected chi connectivity index (χ0v) is 11.8. The second-order valence-electron chi connectivity index (χ2n) is 4.44. The van der Waals surface area contributed by atoms with E-state index in [1.807, 2.05) is 38.1 Å². The predicted molar refractivity (Wildman–Crippen MR) is 74.5 cm³/mol. The van der Waals surface area contributed by atoms with Gasteiger partial charge >= 0.3 is 12.0 Å². The molecule has 1 unspecified atom stereocenters. The molecule has 5 heteroatoms. The fourth-order valence-corrected chi connectivity index (χ4v) is 1.80. The molecule has 2 amide bonds. The molecule has 1 N–H and O–H groups in total. The van der Waals surface area contributed by atoms with Gasteiger partial charge in [-0.05, 0) is 32.4 Å². The van der Waals surface area contributed by atoms with E-state index in [-0.39, 0.29) is 6.03 Å². The van der Waals surface area contributed by atoms with Gasteiger partial charge in [0.1, 0.15) is 6.04 Å². The molecule has 5 nitrogen and oxygen atoms in total. The summed E-state index contributed by atoms with van der Waals surface area (Å²) < 4.78 is 0. The lowest BCUT2D eigenvalue weighted by molar-refractivity contribution is -0.141. The second-order valence-corrected chi connectivity index (χ2v) is 4.44. The number of amides is 2. The monoisotopic (exact) mass is 264 g/mol. The van der Waals surface area contributed by atoms with Crippen molar-refractivity contribution in [3.63, 3.8) is 0 Å². The number of para-hydroxylation sites is 1. The molecule has 1 aromatic carbocycles. The van der Waals surface area contributed by atoms with Gasteiger partial charge in [0.25, 0.3) is 0 Å². The van der Waals surface area contributed by atoms with Crippen LogP contribution in [0.2, 0.25) is 0 Å². The molecule has 0 radical (unpaired) electrons. The number of rotatable bonds is 4. The van der Waals surface area contributed by atoms with Gasteiger partial charge in [-0.3, -0.25) is 4.90 Å². The molecule has 0 spiro atoms. The van der Waals surface area contributed by atoms with Crippen molar-refractivity contribution in [3.8, 4) is 0 Å². The molecule has 1 aromatic rings. The van der Waals surface area contributed by atoms with E-state index < -0.39 is 12.0 Å². The van der Waals surface area contributed by atoms with Crippen molar-refractivity contribution in [2.45, 2.75) is 26.8 Å². The number of aliphatic carboxylic acids is 1. The average Bonchev–Trinajstić information content (AvgIpc) is 2.39. The third-order valence-corrected chi connectivity index (χ3v) is 3.19. The van der Waals surface area contributed by atoms with Crippen LogP contribution in [0.1, 0.15) is 19.4 Å². The number of benzene rings is 1. The van der Waals surface area contributed by atoms with Crippen molar-refractivity contribution in [1.29, 1.82) is 0 Å². The van der Waals surface area contributed by atoms with Gasteiger partial charge in [-0.25, -0.2) is 9.59 Å². The predicted octanol–water partition coefficient (Wildman–Crippen LogP) is 2.35. The normalized spacial score (nSPS) is 11.8. The molecular formula is C14H20N2O3. The van der Waals surface area contributed by atoms with Crippen LogP contribution in [0.25, 0.3) is 0 Å². The van der Waals surface area contributed by atoms with Crippen LogP contribution < -0.4 is 4.90 Å². The molecular weight excluding hydrogens is 244 g/mol. The van der Waals surface area contributed by atoms with Crippen LogP contribution in [0.3, 0.4) is 0 Å². The molecule has 0 aliphatic rings. The minimum absolute atomic E-state index is 0.313. The highest BCUT2D eigenvalue weighted by molar-refractivity contribution is 5.94. The number of likely N-dealkylation sites (N-methyl/N-ethyl adjacent to an activating group) is 1. The maximum Gasteiger partial charge on any atom is 0.326 e. The van der Waals surface area contributed by atoms with Crippen LogP contribution in [0.5, 0.6) is 0 Å². The highest BCUT2D eigenvalue weighted by Gasteiger charge is 2.26. The first kappa shape index (κ1) is 15.0. The molecule has 0 bridgehead atoms. The summed E-state index contributed by atoms with van der Waals surface area (Å²) in [6.45, 7) is 5.77. The van der Waals surface area contributed by atoms with Crippen LogP contribution in [0, 0.1) is 6.92 Å². The van der Waals surface area contributed by atoms with Gasteiger partial charge in [-0.15, -0.1) is 0 Å². The zero-order valence-electron chi connectivity index (χ0n) is 11.8. The molecule has 0 saturated heterocycles. The van der Waals surface area contributed by atoms with Gasteiger partial charge in [-0.1, -0.05) is 18.2 Å². The standard InChI is InChI=1S/C14H20N2O3/c1-5-16(12-9-7-6-8-10(12)2)14(19)15(4)11(3)13(17)18/h6-9,11H,5H2,1-4H3,(H,17,18). The number of carbonyl (C=O) groups excluding carboxylic acids is 1. The number of urea groups is 1. The second kappa shape index (κ2) is 6.22. The Hall–Kier alpha value is -2.04. The van der Waals surface area contributed by atoms with E-state index >= 15 is 0 Å². The minimum atomic E-state index is -1.02. The Balaban J connectivity index is 3.01. The minimum Gasteiger partial charge on any atom is -0.480 e. The Morgan fingerprint density at radius 3 is 2.37 bits per heavy atom. The van der Waals surface area contributed by atoms with Gasteiger partial charge in [-0.2, -0.15) is 0 Å². The van der Waals surface area contributed by atoms with E-state index in [0.29, 0.717) is 6.54 Å². The van der Waals surface area contributed by atoms with E-state index in [1.165, 1.54) is 18.9 Å². The number of anilines is 1. The lowest BCUT2D eigenvalue weighted by Crippen LogP contribution is -2.48. The number of carboxylic acids is 1. The van der Waals surface area contributed by atoms with Crippen molar-refractivity contribution in [2.24, 2.45) is 0 Å². The van der Waals surface area contributed by atoms with Crippen molar-refractivity contribution >= 4 is 17.7 Å². The quantitative estimate of drug-likeness (QED) is 0.908. The van der Waals surface area contributed by atoms with Crippen molar-refractivity contribution < 1.29 is 14.7 Å². The smallest absolute Gasteiger partial charge is 0.326 e.